The predicted octanol–water partition coefficient (Wildman–Crippen LogP) is 2.90. The molecule has 3 fully saturated rings. The second-order valence-corrected chi connectivity index (χ2v) is 10.3. The highest BCUT2D eigenvalue weighted by Crippen LogP contribution is 2.59. The van der Waals surface area contributed by atoms with Crippen LogP contribution < -0.4 is 4.90 Å². The first-order valence-corrected chi connectivity index (χ1v) is 12.5. The van der Waals surface area contributed by atoms with Gasteiger partial charge in [0.1, 0.15) is 11.4 Å². The van der Waals surface area contributed by atoms with E-state index in [0.717, 1.165) is 0 Å². The lowest BCUT2D eigenvalue weighted by Crippen LogP contribution is -2.70. The first-order chi connectivity index (χ1) is 17.8. The molecule has 0 radical (unpaired) electrons. The smallest absolute Gasteiger partial charge is 0.298 e. The third-order valence-corrected chi connectivity index (χ3v) is 8.13. The van der Waals surface area contributed by atoms with E-state index in [0.29, 0.717) is 66.9 Å². The number of aliphatic imine (C=N–C) groups is 2. The number of amides is 2. The van der Waals surface area contributed by atoms with E-state index in [-0.39, 0.29) is 31.3 Å². The molecule has 0 N–H and O–H groups in total. The Balaban J connectivity index is 1.01. The fraction of sp³-hybridized carbons (Fsp3) is 0.423. The molecule has 0 bridgehead atoms. The molecule has 1 aromatic carbocycles. The number of guanidine groups is 1. The number of hydrogen-bond donors (Lipinski definition) is 0. The van der Waals surface area contributed by atoms with E-state index < -0.39 is 17.3 Å². The zero-order chi connectivity index (χ0) is 25.4. The molecule has 2 saturated heterocycles. The largest absolute Gasteiger partial charge is 0.423 e. The topological polar surface area (TPSA) is 94.6 Å². The predicted molar refractivity (Wildman–Crippen MR) is 132 cm³/mol. The molecule has 2 aliphatic carbocycles. The van der Waals surface area contributed by atoms with Crippen molar-refractivity contribution in [2.24, 2.45) is 21.3 Å². The first-order valence-electron chi connectivity index (χ1n) is 12.5. The fourth-order valence-corrected chi connectivity index (χ4v) is 5.65. The Hall–Kier alpha value is -3.89. The van der Waals surface area contributed by atoms with E-state index in [1.807, 2.05) is 23.1 Å². The van der Waals surface area contributed by atoms with E-state index >= 15 is 0 Å². The first kappa shape index (κ1) is 22.3. The third-order valence-electron chi connectivity index (χ3n) is 8.13. The zero-order valence-corrected chi connectivity index (χ0v) is 19.9. The third kappa shape index (κ3) is 3.43. The van der Waals surface area contributed by atoms with Crippen molar-refractivity contribution >= 4 is 40.6 Å². The van der Waals surface area contributed by atoms with Crippen LogP contribution in [0, 0.1) is 11.3 Å². The van der Waals surface area contributed by atoms with E-state index in [1.165, 1.54) is 0 Å². The number of aromatic nitrogens is 1. The van der Waals surface area contributed by atoms with Crippen LogP contribution in [0.4, 0.5) is 14.8 Å². The average Bonchev–Trinajstić information content (AvgIpc) is 3.30. The number of nitrogens with zero attached hydrogens (tertiary/aromatic N) is 6. The number of carbonyl (C=O) groups excluding carboxylic acids is 2. The maximum absolute atomic E-state index is 13.9. The molecule has 7 rings (SSSR count). The highest BCUT2D eigenvalue weighted by Gasteiger charge is 2.67. The zero-order valence-electron chi connectivity index (χ0n) is 19.9. The van der Waals surface area contributed by atoms with Crippen LogP contribution in [0.2, 0.25) is 0 Å². The molecule has 3 aliphatic heterocycles. The van der Waals surface area contributed by atoms with Crippen molar-refractivity contribution in [3.63, 3.8) is 0 Å². The summed E-state index contributed by atoms with van der Waals surface area (Å²) in [5, 5.41) is 0. The molecule has 1 unspecified atom stereocenters. The van der Waals surface area contributed by atoms with Crippen LogP contribution >= 0.6 is 0 Å². The van der Waals surface area contributed by atoms with Crippen LogP contribution in [0.15, 0.2) is 56.9 Å². The molecule has 37 heavy (non-hydrogen) atoms. The van der Waals surface area contributed by atoms with Crippen molar-refractivity contribution in [1.82, 2.24) is 14.8 Å². The van der Waals surface area contributed by atoms with E-state index in [2.05, 4.69) is 15.0 Å². The number of piperazine rings is 1. The van der Waals surface area contributed by atoms with Crippen LogP contribution in [-0.2, 0) is 4.79 Å². The van der Waals surface area contributed by atoms with Crippen molar-refractivity contribution in [1.29, 1.82) is 0 Å². The Morgan fingerprint density at radius 1 is 1.03 bits per heavy atom. The number of benzene rings is 1. The number of rotatable bonds is 2. The molecule has 1 aromatic heterocycles. The number of hydrogen-bond acceptors (Lipinski definition) is 7. The minimum Gasteiger partial charge on any atom is -0.423 e. The minimum atomic E-state index is -2.61. The highest BCUT2D eigenvalue weighted by molar-refractivity contribution is 6.21. The number of oxazole rings is 1. The van der Waals surface area contributed by atoms with E-state index in [1.54, 1.807) is 34.1 Å². The van der Waals surface area contributed by atoms with Crippen LogP contribution in [0.1, 0.15) is 23.2 Å². The van der Waals surface area contributed by atoms with Gasteiger partial charge in [0, 0.05) is 51.3 Å². The lowest BCUT2D eigenvalue weighted by molar-refractivity contribution is -0.213. The second kappa shape index (κ2) is 7.80. The van der Waals surface area contributed by atoms with Gasteiger partial charge in [-0.25, -0.2) is 13.8 Å². The summed E-state index contributed by atoms with van der Waals surface area (Å²) in [7, 11) is 0. The van der Waals surface area contributed by atoms with Crippen LogP contribution in [0.3, 0.4) is 0 Å². The number of fused-ring (bicyclic) bond motifs is 2. The van der Waals surface area contributed by atoms with E-state index in [4.69, 9.17) is 4.42 Å². The van der Waals surface area contributed by atoms with Crippen LogP contribution in [0.5, 0.6) is 0 Å². The molecule has 1 spiro atoms. The molecule has 11 heteroatoms. The summed E-state index contributed by atoms with van der Waals surface area (Å²) in [5.41, 5.74) is 1.26. The standard InChI is InChI=1S/C26H24F2N6O3/c27-26(28)8-7-25(26)14-34(15-25)24-30-19-6-5-16(13-20(19)37-24)22(36)32-9-11-33(12-10-32)23-29-18-4-2-1-3-17(18)21(35)31-23/h1-6,13,17H,7-12,14-15H2. The normalized spacial score (nSPS) is 25.5. The van der Waals surface area contributed by atoms with Gasteiger partial charge in [0.2, 0.25) is 5.96 Å². The second-order valence-electron chi connectivity index (χ2n) is 10.3. The van der Waals surface area contributed by atoms with Gasteiger partial charge in [-0.1, -0.05) is 18.2 Å². The average molecular weight is 507 g/mol. The summed E-state index contributed by atoms with van der Waals surface area (Å²) < 4.78 is 33.7. The lowest BCUT2D eigenvalue weighted by Gasteiger charge is -2.59. The van der Waals surface area contributed by atoms with Gasteiger partial charge in [0.15, 0.2) is 5.58 Å². The van der Waals surface area contributed by atoms with Gasteiger partial charge in [0.05, 0.1) is 11.1 Å². The Morgan fingerprint density at radius 2 is 1.84 bits per heavy atom. The lowest BCUT2D eigenvalue weighted by atomic mass is 9.60. The van der Waals surface area contributed by atoms with Crippen molar-refractivity contribution < 1.29 is 22.8 Å². The Bertz CT molecular complexity index is 1440. The van der Waals surface area contributed by atoms with Crippen LogP contribution in [0.25, 0.3) is 11.1 Å². The molecule has 4 heterocycles. The quantitative estimate of drug-likeness (QED) is 0.622. The summed E-state index contributed by atoms with van der Waals surface area (Å²) in [4.78, 5) is 44.2. The van der Waals surface area contributed by atoms with Crippen molar-refractivity contribution in [3.05, 3.63) is 48.1 Å². The van der Waals surface area contributed by atoms with Gasteiger partial charge >= 0.3 is 0 Å². The number of allylic oxidation sites excluding steroid dienone is 3. The van der Waals surface area contributed by atoms with Crippen molar-refractivity contribution in [2.75, 3.05) is 44.2 Å². The number of halogens is 2. The van der Waals surface area contributed by atoms with Gasteiger partial charge in [-0.2, -0.15) is 9.98 Å². The maximum Gasteiger partial charge on any atom is 0.298 e. The molecular formula is C26H24F2N6O3. The minimum absolute atomic E-state index is 0.0516. The van der Waals surface area contributed by atoms with Gasteiger partial charge in [-0.3, -0.25) is 9.59 Å². The Kier molecular flexibility index (Phi) is 4.71. The molecule has 5 aliphatic rings. The summed E-state index contributed by atoms with van der Waals surface area (Å²) in [6.07, 6.45) is 7.76. The summed E-state index contributed by atoms with van der Waals surface area (Å²) in [6.45, 7) is 2.40. The summed E-state index contributed by atoms with van der Waals surface area (Å²) >= 11 is 0. The molecule has 2 amide bonds. The SMILES string of the molecule is O=C1N=C(N2CCN(C(=O)c3ccc4nc(N5CC6(CCC6(F)F)C5)oc4c3)CC2)N=C2C=CC=CC12. The van der Waals surface area contributed by atoms with Gasteiger partial charge in [0.25, 0.3) is 23.8 Å². The molecule has 1 atom stereocenters. The number of carbonyl (C=O) groups is 2. The van der Waals surface area contributed by atoms with Gasteiger partial charge in [-0.05, 0) is 30.7 Å². The van der Waals surface area contributed by atoms with Gasteiger partial charge < -0.3 is 19.1 Å². The highest BCUT2D eigenvalue weighted by atomic mass is 19.3. The van der Waals surface area contributed by atoms with Gasteiger partial charge in [-0.15, -0.1) is 0 Å². The molecule has 2 aromatic rings. The van der Waals surface area contributed by atoms with E-state index in [9.17, 15) is 18.4 Å². The summed E-state index contributed by atoms with van der Waals surface area (Å²) in [6, 6.07) is 5.41. The number of alkyl halides is 2. The summed E-state index contributed by atoms with van der Waals surface area (Å²) in [5.74, 6) is -2.99. The Morgan fingerprint density at radius 3 is 2.57 bits per heavy atom. The molecular weight excluding hydrogens is 482 g/mol. The number of anilines is 1. The fourth-order valence-electron chi connectivity index (χ4n) is 5.65. The molecule has 190 valence electrons. The Labute approximate surface area is 210 Å². The monoisotopic (exact) mass is 506 g/mol. The molecule has 9 nitrogen and oxygen atoms in total. The van der Waals surface area contributed by atoms with Crippen LogP contribution in [-0.4, -0.2) is 83.5 Å². The maximum atomic E-state index is 13.9. The van der Waals surface area contributed by atoms with Crippen molar-refractivity contribution in [2.45, 2.75) is 18.8 Å². The molecule has 1 saturated carbocycles. The van der Waals surface area contributed by atoms with Crippen molar-refractivity contribution in [3.8, 4) is 0 Å².